The number of ether oxygens (including phenoxy) is 1. The Morgan fingerprint density at radius 1 is 1.30 bits per heavy atom. The number of halogens is 3. The molecule has 9 heteroatoms. The van der Waals surface area contributed by atoms with Crippen LogP contribution in [0.3, 0.4) is 0 Å². The fourth-order valence-corrected chi connectivity index (χ4v) is 4.26. The highest BCUT2D eigenvalue weighted by Crippen LogP contribution is 2.48. The van der Waals surface area contributed by atoms with Gasteiger partial charge < -0.3 is 10.1 Å². The number of rotatable bonds is 7. The van der Waals surface area contributed by atoms with Gasteiger partial charge in [-0.3, -0.25) is 4.68 Å². The van der Waals surface area contributed by atoms with Crippen LogP contribution in [0, 0.1) is 5.92 Å². The molecular formula is C21H25F3N4OS. The van der Waals surface area contributed by atoms with E-state index in [2.05, 4.69) is 22.0 Å². The lowest BCUT2D eigenvalue weighted by atomic mass is 10.00. The Balaban J connectivity index is 1.71. The second-order valence-corrected chi connectivity index (χ2v) is 8.64. The Bertz CT molecular complexity index is 917. The maximum absolute atomic E-state index is 14.2. The summed E-state index contributed by atoms with van der Waals surface area (Å²) in [5.74, 6) is 0.121. The van der Waals surface area contributed by atoms with Gasteiger partial charge in [0.05, 0.1) is 22.1 Å². The Labute approximate surface area is 178 Å². The van der Waals surface area contributed by atoms with Crippen LogP contribution < -0.4 is 5.32 Å². The fraction of sp³-hybridized carbons (Fsp3) is 0.524. The highest BCUT2D eigenvalue weighted by molar-refractivity contribution is 7.98. The standard InChI is InChI=1S/C21H25F3N4OS/c1-13(26-16-5-8-25-17(11-16)30-2)20-18(21(22,23)24)19(15-3-4-15)27-28(20)12-14-6-9-29-10-7-14/h5,8,11,14-15H,1,3-4,6-7,9-10,12H2,2H3,(H,25,26). The number of anilines is 1. The van der Waals surface area contributed by atoms with E-state index >= 15 is 0 Å². The lowest BCUT2D eigenvalue weighted by molar-refractivity contribution is -0.138. The lowest BCUT2D eigenvalue weighted by Crippen LogP contribution is -2.23. The van der Waals surface area contributed by atoms with Gasteiger partial charge in [0.15, 0.2) is 0 Å². The van der Waals surface area contributed by atoms with Gasteiger partial charge >= 0.3 is 6.18 Å². The van der Waals surface area contributed by atoms with Crippen LogP contribution in [-0.2, 0) is 17.5 Å². The SMILES string of the molecule is C=C(Nc1ccnc(SC)c1)c1c(C(F)(F)F)c(C2CC2)nn1CC1CCOCC1. The third-order valence-corrected chi connectivity index (χ3v) is 6.17. The minimum atomic E-state index is -4.49. The number of hydrogen-bond acceptors (Lipinski definition) is 5. The number of hydrogen-bond donors (Lipinski definition) is 1. The molecule has 2 aromatic heterocycles. The largest absolute Gasteiger partial charge is 0.420 e. The third kappa shape index (κ3) is 4.67. The van der Waals surface area contributed by atoms with E-state index in [-0.39, 0.29) is 28.9 Å². The molecule has 1 saturated heterocycles. The molecule has 1 aliphatic carbocycles. The van der Waals surface area contributed by atoms with E-state index < -0.39 is 11.7 Å². The molecule has 0 radical (unpaired) electrons. The molecule has 0 unspecified atom stereocenters. The summed E-state index contributed by atoms with van der Waals surface area (Å²) in [4.78, 5) is 4.21. The van der Waals surface area contributed by atoms with Crippen molar-refractivity contribution < 1.29 is 17.9 Å². The molecule has 30 heavy (non-hydrogen) atoms. The third-order valence-electron chi connectivity index (χ3n) is 5.52. The molecular weight excluding hydrogens is 413 g/mol. The van der Waals surface area contributed by atoms with Gasteiger partial charge in [0.25, 0.3) is 0 Å². The number of thioether (sulfide) groups is 1. The predicted molar refractivity (Wildman–Crippen MR) is 111 cm³/mol. The van der Waals surface area contributed by atoms with Gasteiger partial charge in [-0.2, -0.15) is 18.3 Å². The molecule has 2 fully saturated rings. The fourth-order valence-electron chi connectivity index (χ4n) is 3.85. The molecule has 5 nitrogen and oxygen atoms in total. The summed E-state index contributed by atoms with van der Waals surface area (Å²) < 4.78 is 49.4. The van der Waals surface area contributed by atoms with E-state index in [0.29, 0.717) is 25.4 Å². The second-order valence-electron chi connectivity index (χ2n) is 7.81. The van der Waals surface area contributed by atoms with Crippen LogP contribution in [0.25, 0.3) is 5.70 Å². The van der Waals surface area contributed by atoms with E-state index in [1.807, 2.05) is 6.26 Å². The first kappa shape index (κ1) is 21.2. The summed E-state index contributed by atoms with van der Waals surface area (Å²) >= 11 is 1.47. The molecule has 4 rings (SSSR count). The van der Waals surface area contributed by atoms with Crippen molar-refractivity contribution in [2.24, 2.45) is 5.92 Å². The number of pyridine rings is 1. The zero-order chi connectivity index (χ0) is 21.3. The van der Waals surface area contributed by atoms with Crippen molar-refractivity contribution in [1.82, 2.24) is 14.8 Å². The zero-order valence-corrected chi connectivity index (χ0v) is 17.7. The highest BCUT2D eigenvalue weighted by Gasteiger charge is 2.45. The molecule has 0 atom stereocenters. The molecule has 3 heterocycles. The zero-order valence-electron chi connectivity index (χ0n) is 16.8. The summed E-state index contributed by atoms with van der Waals surface area (Å²) in [6.07, 6.45) is 2.17. The molecule has 0 bridgehead atoms. The van der Waals surface area contributed by atoms with Crippen molar-refractivity contribution in [3.63, 3.8) is 0 Å². The molecule has 0 aromatic carbocycles. The molecule has 2 aliphatic rings. The van der Waals surface area contributed by atoms with Crippen LogP contribution in [0.1, 0.15) is 48.6 Å². The summed E-state index contributed by atoms with van der Waals surface area (Å²) in [6, 6.07) is 3.52. The van der Waals surface area contributed by atoms with Gasteiger partial charge in [0.1, 0.15) is 5.56 Å². The van der Waals surface area contributed by atoms with E-state index in [1.165, 1.54) is 16.4 Å². The van der Waals surface area contributed by atoms with Crippen LogP contribution in [0.4, 0.5) is 18.9 Å². The maximum atomic E-state index is 14.2. The Kier molecular flexibility index (Phi) is 6.11. The van der Waals surface area contributed by atoms with Crippen LogP contribution >= 0.6 is 11.8 Å². The quantitative estimate of drug-likeness (QED) is 0.586. The molecule has 1 saturated carbocycles. The lowest BCUT2D eigenvalue weighted by Gasteiger charge is -2.23. The summed E-state index contributed by atoms with van der Waals surface area (Å²) in [7, 11) is 0. The second kappa shape index (κ2) is 8.63. The first-order valence-corrected chi connectivity index (χ1v) is 11.3. The molecule has 1 aliphatic heterocycles. The smallest absolute Gasteiger partial charge is 0.381 e. The van der Waals surface area contributed by atoms with Gasteiger partial charge in [-0.15, -0.1) is 11.8 Å². The first-order valence-electron chi connectivity index (χ1n) is 10.1. The normalized spacial score (nSPS) is 17.9. The van der Waals surface area contributed by atoms with Crippen LogP contribution in [0.5, 0.6) is 0 Å². The van der Waals surface area contributed by atoms with Crippen molar-refractivity contribution in [3.8, 4) is 0 Å². The average molecular weight is 439 g/mol. The number of aromatic nitrogens is 3. The molecule has 162 valence electrons. The summed E-state index contributed by atoms with van der Waals surface area (Å²) in [6.45, 7) is 5.68. The Hall–Kier alpha value is -2.00. The number of alkyl halides is 3. The Morgan fingerprint density at radius 2 is 2.03 bits per heavy atom. The highest BCUT2D eigenvalue weighted by atomic mass is 32.2. The first-order chi connectivity index (χ1) is 14.4. The molecule has 0 spiro atoms. The minimum absolute atomic E-state index is 0.0402. The monoisotopic (exact) mass is 438 g/mol. The minimum Gasteiger partial charge on any atom is -0.381 e. The van der Waals surface area contributed by atoms with Crippen molar-refractivity contribution in [2.75, 3.05) is 24.8 Å². The van der Waals surface area contributed by atoms with Gasteiger partial charge in [0.2, 0.25) is 0 Å². The van der Waals surface area contributed by atoms with E-state index in [9.17, 15) is 13.2 Å². The van der Waals surface area contributed by atoms with Crippen molar-refractivity contribution in [1.29, 1.82) is 0 Å². The van der Waals surface area contributed by atoms with Crippen molar-refractivity contribution in [3.05, 3.63) is 41.9 Å². The van der Waals surface area contributed by atoms with E-state index in [4.69, 9.17) is 4.74 Å². The predicted octanol–water partition coefficient (Wildman–Crippen LogP) is 5.41. The summed E-state index contributed by atoms with van der Waals surface area (Å²) in [5.41, 5.74) is 0.408. The molecule has 0 amide bonds. The van der Waals surface area contributed by atoms with Gasteiger partial charge in [-0.25, -0.2) is 4.98 Å². The molecule has 2 aromatic rings. The van der Waals surface area contributed by atoms with Crippen LogP contribution in [-0.4, -0.2) is 34.2 Å². The molecule has 1 N–H and O–H groups in total. The number of nitrogens with one attached hydrogen (secondary N) is 1. The van der Waals surface area contributed by atoms with E-state index in [0.717, 1.165) is 30.7 Å². The van der Waals surface area contributed by atoms with Gasteiger partial charge in [-0.1, -0.05) is 6.58 Å². The number of nitrogens with zero attached hydrogens (tertiary/aromatic N) is 3. The van der Waals surface area contributed by atoms with Crippen molar-refractivity contribution in [2.45, 2.75) is 49.3 Å². The topological polar surface area (TPSA) is 52.0 Å². The summed E-state index contributed by atoms with van der Waals surface area (Å²) in [5, 5.41) is 8.31. The van der Waals surface area contributed by atoms with Crippen LogP contribution in [0.2, 0.25) is 0 Å². The Morgan fingerprint density at radius 3 is 2.67 bits per heavy atom. The van der Waals surface area contributed by atoms with Gasteiger partial charge in [0, 0.05) is 37.6 Å². The van der Waals surface area contributed by atoms with Crippen LogP contribution in [0.15, 0.2) is 29.9 Å². The van der Waals surface area contributed by atoms with Crippen molar-refractivity contribution >= 4 is 23.1 Å². The average Bonchev–Trinajstić information content (AvgIpc) is 3.49. The maximum Gasteiger partial charge on any atom is 0.420 e. The van der Waals surface area contributed by atoms with Gasteiger partial charge in [-0.05, 0) is 50.0 Å². The van der Waals surface area contributed by atoms with E-state index in [1.54, 1.807) is 18.3 Å².